The Labute approximate surface area is 129 Å². The molecule has 3 nitrogen and oxygen atoms in total. The molecular formula is C17H17ClN2O. The molecule has 1 aromatic heterocycles. The molecule has 108 valence electrons. The van der Waals surface area contributed by atoms with Crippen LogP contribution in [0.1, 0.15) is 34.5 Å². The quantitative estimate of drug-likeness (QED) is 0.790. The Balaban J connectivity index is 1.81. The van der Waals surface area contributed by atoms with E-state index < -0.39 is 0 Å². The van der Waals surface area contributed by atoms with Crippen LogP contribution < -0.4 is 0 Å². The summed E-state index contributed by atoms with van der Waals surface area (Å²) in [7, 11) is 0. The fourth-order valence-corrected chi connectivity index (χ4v) is 2.54. The summed E-state index contributed by atoms with van der Waals surface area (Å²) in [5, 5.41) is 0. The second-order valence-electron chi connectivity index (χ2n) is 5.32. The largest absolute Gasteiger partial charge is 0.330 e. The van der Waals surface area contributed by atoms with Gasteiger partial charge < -0.3 is 4.90 Å². The number of aromatic nitrogens is 1. The van der Waals surface area contributed by atoms with E-state index in [0.29, 0.717) is 24.0 Å². The van der Waals surface area contributed by atoms with Crippen LogP contribution in [0.3, 0.4) is 0 Å². The van der Waals surface area contributed by atoms with E-state index in [4.69, 9.17) is 11.6 Å². The van der Waals surface area contributed by atoms with Crippen LogP contribution >= 0.6 is 11.6 Å². The lowest BCUT2D eigenvalue weighted by Gasteiger charge is -2.22. The number of carbonyl (C=O) groups excluding carboxylic acids is 1. The van der Waals surface area contributed by atoms with Gasteiger partial charge in [0, 0.05) is 23.7 Å². The third-order valence-electron chi connectivity index (χ3n) is 3.64. The zero-order valence-electron chi connectivity index (χ0n) is 11.7. The van der Waals surface area contributed by atoms with Crippen LogP contribution in [-0.4, -0.2) is 21.8 Å². The Morgan fingerprint density at radius 3 is 2.76 bits per heavy atom. The highest BCUT2D eigenvalue weighted by molar-refractivity contribution is 6.17. The number of benzene rings is 1. The molecule has 2 aromatic rings. The van der Waals surface area contributed by atoms with E-state index in [9.17, 15) is 4.79 Å². The Hall–Kier alpha value is -1.87. The van der Waals surface area contributed by atoms with Gasteiger partial charge in [-0.2, -0.15) is 0 Å². The van der Waals surface area contributed by atoms with Crippen LogP contribution in [0.15, 0.2) is 48.7 Å². The summed E-state index contributed by atoms with van der Waals surface area (Å²) in [5.41, 5.74) is 2.60. The summed E-state index contributed by atoms with van der Waals surface area (Å²) in [4.78, 5) is 19.0. The minimum absolute atomic E-state index is 0.0649. The molecule has 1 heterocycles. The van der Waals surface area contributed by atoms with Crippen molar-refractivity contribution in [1.29, 1.82) is 0 Å². The molecule has 21 heavy (non-hydrogen) atoms. The predicted octanol–water partition coefficient (Wildman–Crippen LogP) is 3.63. The smallest absolute Gasteiger partial charge is 0.254 e. The Morgan fingerprint density at radius 1 is 1.24 bits per heavy atom. The first-order valence-corrected chi connectivity index (χ1v) is 7.67. The standard InChI is InChI=1S/C17H17ClN2O/c18-11-13-4-3-5-14(10-13)17(21)20(16-7-8-16)12-15-6-1-2-9-19-15/h1-6,9-10,16H,7-8,11-12H2. The SMILES string of the molecule is O=C(c1cccc(CCl)c1)N(Cc1ccccn1)C1CC1. The van der Waals surface area contributed by atoms with Crippen molar-refractivity contribution in [2.24, 2.45) is 0 Å². The summed E-state index contributed by atoms with van der Waals surface area (Å²) < 4.78 is 0. The molecule has 1 fully saturated rings. The first-order chi connectivity index (χ1) is 10.3. The van der Waals surface area contributed by atoms with Gasteiger partial charge in [0.2, 0.25) is 0 Å². The van der Waals surface area contributed by atoms with Crippen LogP contribution in [0, 0.1) is 0 Å². The molecule has 1 aliphatic carbocycles. The molecule has 1 amide bonds. The molecule has 0 spiro atoms. The number of amides is 1. The minimum atomic E-state index is 0.0649. The van der Waals surface area contributed by atoms with E-state index in [2.05, 4.69) is 4.98 Å². The van der Waals surface area contributed by atoms with Crippen molar-refractivity contribution in [2.45, 2.75) is 31.3 Å². The average Bonchev–Trinajstić information content (AvgIpc) is 3.38. The molecular weight excluding hydrogens is 284 g/mol. The molecule has 0 atom stereocenters. The van der Waals surface area contributed by atoms with Crippen LogP contribution in [0.5, 0.6) is 0 Å². The molecule has 1 aromatic carbocycles. The lowest BCUT2D eigenvalue weighted by Crippen LogP contribution is -2.32. The summed E-state index contributed by atoms with van der Waals surface area (Å²) in [6.45, 7) is 0.565. The third kappa shape index (κ3) is 3.42. The van der Waals surface area contributed by atoms with E-state index in [1.807, 2.05) is 47.4 Å². The fraction of sp³-hybridized carbons (Fsp3) is 0.294. The molecule has 4 heteroatoms. The maximum atomic E-state index is 12.8. The molecule has 1 saturated carbocycles. The number of carbonyl (C=O) groups is 1. The fourth-order valence-electron chi connectivity index (χ4n) is 2.37. The van der Waals surface area contributed by atoms with Crippen LogP contribution in [0.25, 0.3) is 0 Å². The van der Waals surface area contributed by atoms with Gasteiger partial charge in [-0.05, 0) is 42.7 Å². The van der Waals surface area contributed by atoms with Crippen molar-refractivity contribution in [3.63, 3.8) is 0 Å². The van der Waals surface area contributed by atoms with E-state index in [0.717, 1.165) is 24.1 Å². The minimum Gasteiger partial charge on any atom is -0.330 e. The van der Waals surface area contributed by atoms with Gasteiger partial charge in [-0.3, -0.25) is 9.78 Å². The average molecular weight is 301 g/mol. The Kier molecular flexibility index (Phi) is 4.20. The van der Waals surface area contributed by atoms with Crippen molar-refractivity contribution >= 4 is 17.5 Å². The van der Waals surface area contributed by atoms with Crippen LogP contribution in [0.2, 0.25) is 0 Å². The number of nitrogens with zero attached hydrogens (tertiary/aromatic N) is 2. The van der Waals surface area contributed by atoms with Gasteiger partial charge in [-0.1, -0.05) is 18.2 Å². The number of rotatable bonds is 5. The summed E-state index contributed by atoms with van der Waals surface area (Å²) in [6, 6.07) is 13.7. The van der Waals surface area contributed by atoms with E-state index in [-0.39, 0.29) is 5.91 Å². The van der Waals surface area contributed by atoms with Crippen molar-refractivity contribution in [1.82, 2.24) is 9.88 Å². The van der Waals surface area contributed by atoms with Crippen LogP contribution in [0.4, 0.5) is 0 Å². The monoisotopic (exact) mass is 300 g/mol. The number of alkyl halides is 1. The molecule has 0 N–H and O–H groups in total. The first-order valence-electron chi connectivity index (χ1n) is 7.13. The topological polar surface area (TPSA) is 33.2 Å². The second-order valence-corrected chi connectivity index (χ2v) is 5.59. The summed E-state index contributed by atoms with van der Waals surface area (Å²) >= 11 is 5.85. The molecule has 0 aliphatic heterocycles. The van der Waals surface area contributed by atoms with Crippen molar-refractivity contribution in [3.05, 3.63) is 65.5 Å². The maximum absolute atomic E-state index is 12.8. The van der Waals surface area contributed by atoms with Gasteiger partial charge in [0.05, 0.1) is 12.2 Å². The zero-order valence-corrected chi connectivity index (χ0v) is 12.5. The number of pyridine rings is 1. The van der Waals surface area contributed by atoms with Crippen LogP contribution in [-0.2, 0) is 12.4 Å². The normalized spacial score (nSPS) is 14.0. The highest BCUT2D eigenvalue weighted by Crippen LogP contribution is 2.29. The van der Waals surface area contributed by atoms with Gasteiger partial charge in [0.25, 0.3) is 5.91 Å². The molecule has 3 rings (SSSR count). The third-order valence-corrected chi connectivity index (χ3v) is 3.94. The number of hydrogen-bond acceptors (Lipinski definition) is 2. The maximum Gasteiger partial charge on any atom is 0.254 e. The number of hydrogen-bond donors (Lipinski definition) is 0. The first kappa shape index (κ1) is 14.1. The highest BCUT2D eigenvalue weighted by atomic mass is 35.5. The van der Waals surface area contributed by atoms with E-state index in [1.165, 1.54) is 0 Å². The molecule has 0 saturated heterocycles. The van der Waals surface area contributed by atoms with Gasteiger partial charge in [0.1, 0.15) is 0 Å². The molecule has 0 unspecified atom stereocenters. The zero-order chi connectivity index (χ0) is 14.7. The van der Waals surface area contributed by atoms with Gasteiger partial charge in [-0.25, -0.2) is 0 Å². The predicted molar refractivity (Wildman–Crippen MR) is 83.1 cm³/mol. The Bertz CT molecular complexity index is 626. The van der Waals surface area contributed by atoms with Crippen molar-refractivity contribution in [3.8, 4) is 0 Å². The molecule has 0 radical (unpaired) electrons. The lowest BCUT2D eigenvalue weighted by atomic mass is 10.1. The highest BCUT2D eigenvalue weighted by Gasteiger charge is 2.33. The summed E-state index contributed by atoms with van der Waals surface area (Å²) in [5.74, 6) is 0.486. The van der Waals surface area contributed by atoms with Crippen molar-refractivity contribution in [2.75, 3.05) is 0 Å². The van der Waals surface area contributed by atoms with Gasteiger partial charge in [0.15, 0.2) is 0 Å². The lowest BCUT2D eigenvalue weighted by molar-refractivity contribution is 0.0727. The van der Waals surface area contributed by atoms with E-state index in [1.54, 1.807) is 6.20 Å². The van der Waals surface area contributed by atoms with Gasteiger partial charge in [-0.15, -0.1) is 11.6 Å². The van der Waals surface area contributed by atoms with Gasteiger partial charge >= 0.3 is 0 Å². The Morgan fingerprint density at radius 2 is 2.10 bits per heavy atom. The van der Waals surface area contributed by atoms with Crippen molar-refractivity contribution < 1.29 is 4.79 Å². The molecule has 0 bridgehead atoms. The second kappa shape index (κ2) is 6.27. The number of halogens is 1. The molecule has 1 aliphatic rings. The summed E-state index contributed by atoms with van der Waals surface area (Å²) in [6.07, 6.45) is 3.92. The van der Waals surface area contributed by atoms with E-state index >= 15 is 0 Å².